The molecule has 0 bridgehead atoms. The van der Waals surface area contributed by atoms with Crippen LogP contribution in [-0.4, -0.2) is 18.7 Å². The zero-order valence-corrected chi connectivity index (χ0v) is 7.26. The van der Waals surface area contributed by atoms with Gasteiger partial charge >= 0.3 is 0 Å². The molecule has 0 radical (unpaired) electrons. The zero-order valence-electron chi connectivity index (χ0n) is 7.26. The molecule has 1 aromatic rings. The molecule has 0 aromatic heterocycles. The van der Waals surface area contributed by atoms with E-state index in [0.717, 1.165) is 0 Å². The molecule has 0 saturated carbocycles. The molecule has 0 unspecified atom stereocenters. The monoisotopic (exact) mass is 179 g/mol. The number of hydrogen-bond donors (Lipinski definition) is 2. The van der Waals surface area contributed by atoms with E-state index in [4.69, 9.17) is 5.11 Å². The average molecular weight is 179 g/mol. The van der Waals surface area contributed by atoms with Crippen LogP contribution in [0.4, 0.5) is 4.39 Å². The molecule has 1 aromatic carbocycles. The number of phenols is 1. The van der Waals surface area contributed by atoms with Crippen molar-refractivity contribution in [3.63, 3.8) is 0 Å². The van der Waals surface area contributed by atoms with Crippen LogP contribution in [0.25, 0.3) is 0 Å². The van der Waals surface area contributed by atoms with Crippen LogP contribution >= 0.6 is 0 Å². The van der Waals surface area contributed by atoms with Crippen molar-refractivity contribution in [2.24, 2.45) is 0 Å². The van der Waals surface area contributed by atoms with Crippen LogP contribution in [0, 0.1) is 17.7 Å². The van der Waals surface area contributed by atoms with Crippen LogP contribution in [-0.2, 0) is 0 Å². The second-order valence-corrected chi connectivity index (χ2v) is 2.47. The molecular weight excluding hydrogens is 169 g/mol. The van der Waals surface area contributed by atoms with Crippen LogP contribution in [0.3, 0.4) is 0 Å². The highest BCUT2D eigenvalue weighted by Crippen LogP contribution is 2.17. The molecule has 2 nitrogen and oxygen atoms in total. The predicted octanol–water partition coefficient (Wildman–Crippen LogP) is 1.10. The number of benzene rings is 1. The number of rotatable bonds is 1. The van der Waals surface area contributed by atoms with Crippen LogP contribution in [0.2, 0.25) is 0 Å². The first-order chi connectivity index (χ1) is 6.25. The average Bonchev–Trinajstić information content (AvgIpc) is 2.13. The van der Waals surface area contributed by atoms with E-state index >= 15 is 0 Å². The Morgan fingerprint density at radius 1 is 1.54 bits per heavy atom. The molecule has 0 heterocycles. The molecule has 0 fully saturated rings. The van der Waals surface area contributed by atoms with Gasteiger partial charge in [-0.2, -0.15) is 0 Å². The van der Waals surface area contributed by atoms with Crippen molar-refractivity contribution in [3.05, 3.63) is 29.6 Å². The summed E-state index contributed by atoms with van der Waals surface area (Å²) in [7, 11) is 1.76. The van der Waals surface area contributed by atoms with E-state index in [-0.39, 0.29) is 11.3 Å². The Bertz CT molecular complexity index is 352. The Kier molecular flexibility index (Phi) is 3.30. The standard InChI is InChI=1S/C10H10FNO/c1-12-7-3-5-8-4-2-6-9(13)10(8)11/h2,4,6,12-13H,7H2,1H3. The van der Waals surface area contributed by atoms with Gasteiger partial charge in [-0.05, 0) is 19.2 Å². The first-order valence-corrected chi connectivity index (χ1v) is 3.86. The lowest BCUT2D eigenvalue weighted by molar-refractivity contribution is 0.431. The Balaban J connectivity index is 2.91. The number of halogens is 1. The largest absolute Gasteiger partial charge is 0.505 e. The van der Waals surface area contributed by atoms with E-state index < -0.39 is 5.82 Å². The summed E-state index contributed by atoms with van der Waals surface area (Å²) < 4.78 is 13.1. The molecule has 0 aliphatic rings. The first-order valence-electron chi connectivity index (χ1n) is 3.86. The zero-order chi connectivity index (χ0) is 9.68. The van der Waals surface area contributed by atoms with Gasteiger partial charge in [0.25, 0.3) is 0 Å². The van der Waals surface area contributed by atoms with E-state index in [0.29, 0.717) is 6.54 Å². The second-order valence-electron chi connectivity index (χ2n) is 2.47. The Morgan fingerprint density at radius 2 is 2.31 bits per heavy atom. The summed E-state index contributed by atoms with van der Waals surface area (Å²) in [5.74, 6) is 4.29. The molecule has 1 rings (SSSR count). The highest BCUT2D eigenvalue weighted by molar-refractivity contribution is 5.41. The predicted molar refractivity (Wildman–Crippen MR) is 48.9 cm³/mol. The van der Waals surface area contributed by atoms with Gasteiger partial charge in [-0.3, -0.25) is 0 Å². The van der Waals surface area contributed by atoms with E-state index in [1.165, 1.54) is 12.1 Å². The van der Waals surface area contributed by atoms with Crippen molar-refractivity contribution >= 4 is 0 Å². The quantitative estimate of drug-likeness (QED) is 0.633. The maximum atomic E-state index is 13.1. The van der Waals surface area contributed by atoms with Gasteiger partial charge in [-0.1, -0.05) is 17.9 Å². The lowest BCUT2D eigenvalue weighted by Gasteiger charge is -1.95. The van der Waals surface area contributed by atoms with Crippen molar-refractivity contribution in [2.45, 2.75) is 0 Å². The summed E-state index contributed by atoms with van der Waals surface area (Å²) in [5, 5.41) is 11.8. The third kappa shape index (κ3) is 2.46. The molecule has 0 amide bonds. The molecule has 0 atom stereocenters. The van der Waals surface area contributed by atoms with Gasteiger partial charge in [0, 0.05) is 0 Å². The minimum Gasteiger partial charge on any atom is -0.505 e. The summed E-state index contributed by atoms with van der Waals surface area (Å²) in [6.07, 6.45) is 0. The minimum atomic E-state index is -0.661. The number of hydrogen-bond acceptors (Lipinski definition) is 2. The van der Waals surface area contributed by atoms with Gasteiger partial charge in [-0.15, -0.1) is 0 Å². The number of phenolic OH excluding ortho intramolecular Hbond substituents is 1. The summed E-state index contributed by atoms with van der Waals surface area (Å²) in [4.78, 5) is 0. The third-order valence-electron chi connectivity index (χ3n) is 1.47. The number of aromatic hydroxyl groups is 1. The molecule has 2 N–H and O–H groups in total. The van der Waals surface area contributed by atoms with Crippen molar-refractivity contribution in [2.75, 3.05) is 13.6 Å². The van der Waals surface area contributed by atoms with Gasteiger partial charge in [0.05, 0.1) is 12.1 Å². The van der Waals surface area contributed by atoms with Crippen molar-refractivity contribution in [3.8, 4) is 17.6 Å². The van der Waals surface area contributed by atoms with Gasteiger partial charge < -0.3 is 10.4 Å². The SMILES string of the molecule is CNCC#Cc1cccc(O)c1F. The molecular formula is C10H10FNO. The molecule has 3 heteroatoms. The summed E-state index contributed by atoms with van der Waals surface area (Å²) >= 11 is 0. The maximum Gasteiger partial charge on any atom is 0.180 e. The highest BCUT2D eigenvalue weighted by Gasteiger charge is 2.02. The molecule has 0 saturated heterocycles. The highest BCUT2D eigenvalue weighted by atomic mass is 19.1. The van der Waals surface area contributed by atoms with E-state index in [9.17, 15) is 4.39 Å². The van der Waals surface area contributed by atoms with E-state index in [1.54, 1.807) is 13.1 Å². The fourth-order valence-electron chi connectivity index (χ4n) is 0.844. The maximum absolute atomic E-state index is 13.1. The molecule has 0 aliphatic heterocycles. The summed E-state index contributed by atoms with van der Waals surface area (Å²) in [6.45, 7) is 0.495. The molecule has 68 valence electrons. The van der Waals surface area contributed by atoms with Crippen molar-refractivity contribution in [1.29, 1.82) is 0 Å². The topological polar surface area (TPSA) is 32.3 Å². The fourth-order valence-corrected chi connectivity index (χ4v) is 0.844. The smallest absolute Gasteiger partial charge is 0.180 e. The van der Waals surface area contributed by atoms with Crippen LogP contribution < -0.4 is 5.32 Å². The lowest BCUT2D eigenvalue weighted by Crippen LogP contribution is -2.04. The first kappa shape index (κ1) is 9.56. The Labute approximate surface area is 76.4 Å². The third-order valence-corrected chi connectivity index (χ3v) is 1.47. The van der Waals surface area contributed by atoms with Crippen LogP contribution in [0.1, 0.15) is 5.56 Å². The Morgan fingerprint density at radius 3 is 3.00 bits per heavy atom. The second kappa shape index (κ2) is 4.48. The molecule has 13 heavy (non-hydrogen) atoms. The summed E-state index contributed by atoms with van der Waals surface area (Å²) in [5.41, 5.74) is 0.218. The Hall–Kier alpha value is -1.53. The van der Waals surface area contributed by atoms with Crippen LogP contribution in [0.15, 0.2) is 18.2 Å². The number of nitrogens with one attached hydrogen (secondary N) is 1. The summed E-state index contributed by atoms with van der Waals surface area (Å²) in [6, 6.07) is 4.37. The van der Waals surface area contributed by atoms with E-state index in [1.807, 2.05) is 0 Å². The van der Waals surface area contributed by atoms with Gasteiger partial charge in [0.2, 0.25) is 0 Å². The van der Waals surface area contributed by atoms with Gasteiger partial charge in [0.1, 0.15) is 0 Å². The normalized spacial score (nSPS) is 9.08. The fraction of sp³-hybridized carbons (Fsp3) is 0.200. The molecule has 0 spiro atoms. The van der Waals surface area contributed by atoms with Gasteiger partial charge in [-0.25, -0.2) is 4.39 Å². The van der Waals surface area contributed by atoms with Crippen LogP contribution in [0.5, 0.6) is 5.75 Å². The van der Waals surface area contributed by atoms with Gasteiger partial charge in [0.15, 0.2) is 11.6 Å². The minimum absolute atomic E-state index is 0.218. The molecule has 0 aliphatic carbocycles. The van der Waals surface area contributed by atoms with E-state index in [2.05, 4.69) is 17.2 Å². The van der Waals surface area contributed by atoms with Crippen molar-refractivity contribution < 1.29 is 9.50 Å². The van der Waals surface area contributed by atoms with Crippen molar-refractivity contribution in [1.82, 2.24) is 5.32 Å². The lowest BCUT2D eigenvalue weighted by atomic mass is 10.2.